The van der Waals surface area contributed by atoms with Crippen molar-refractivity contribution in [3.05, 3.63) is 0 Å². The van der Waals surface area contributed by atoms with Crippen LogP contribution in [0.2, 0.25) is 0 Å². The molecule has 0 aromatic heterocycles. The number of hydrogen-bond acceptors (Lipinski definition) is 1. The van der Waals surface area contributed by atoms with Crippen LogP contribution >= 0.6 is 0 Å². The van der Waals surface area contributed by atoms with Gasteiger partial charge in [0.15, 0.2) is 0 Å². The molecule has 0 aliphatic carbocycles. The van der Waals surface area contributed by atoms with Gasteiger partial charge in [-0.05, 0) is 12.8 Å². The highest BCUT2D eigenvalue weighted by molar-refractivity contribution is 4.93. The third kappa shape index (κ3) is 3.46. The average molecular weight is 268 g/mol. The molecular weight excluding hydrogens is 257 g/mol. The third-order valence-corrected chi connectivity index (χ3v) is 2.54. The Kier molecular flexibility index (Phi) is 3.95. The summed E-state index contributed by atoms with van der Waals surface area (Å²) in [6.45, 7) is -0.0738. The lowest BCUT2D eigenvalue weighted by Gasteiger charge is -2.30. The highest BCUT2D eigenvalue weighted by Gasteiger charge is 2.62. The van der Waals surface area contributed by atoms with Gasteiger partial charge in [-0.25, -0.2) is 0 Å². The van der Waals surface area contributed by atoms with Crippen LogP contribution in [0.1, 0.15) is 25.7 Å². The van der Waals surface area contributed by atoms with E-state index in [1.807, 2.05) is 0 Å². The van der Waals surface area contributed by atoms with Crippen LogP contribution < -0.4 is 0 Å². The van der Waals surface area contributed by atoms with Crippen LogP contribution in [0.15, 0.2) is 0 Å². The van der Waals surface area contributed by atoms with Gasteiger partial charge in [-0.2, -0.15) is 30.7 Å². The zero-order chi connectivity index (χ0) is 13.3. The van der Waals surface area contributed by atoms with E-state index >= 15 is 0 Å². The van der Waals surface area contributed by atoms with Gasteiger partial charge in [0, 0.05) is 19.4 Å². The SMILES string of the molecule is FC(F)(F)CCC(F)(F)C(F)(F)C1CCCO1. The first kappa shape index (κ1) is 14.5. The predicted octanol–water partition coefficient (Wildman–Crippen LogP) is 3.78. The lowest BCUT2D eigenvalue weighted by atomic mass is 9.99. The topological polar surface area (TPSA) is 9.23 Å². The monoisotopic (exact) mass is 268 g/mol. The number of ether oxygens (including phenoxy) is 1. The Morgan fingerprint density at radius 1 is 0.941 bits per heavy atom. The molecule has 1 unspecified atom stereocenters. The number of alkyl halides is 7. The molecule has 1 saturated heterocycles. The Balaban J connectivity index is 2.66. The van der Waals surface area contributed by atoms with Crippen molar-refractivity contribution in [3.63, 3.8) is 0 Å². The van der Waals surface area contributed by atoms with Gasteiger partial charge in [-0.1, -0.05) is 0 Å². The van der Waals surface area contributed by atoms with Crippen LogP contribution in [0.3, 0.4) is 0 Å². The smallest absolute Gasteiger partial charge is 0.372 e. The molecule has 0 N–H and O–H groups in total. The molecule has 102 valence electrons. The molecule has 0 aromatic rings. The maximum absolute atomic E-state index is 13.2. The molecule has 1 fully saturated rings. The molecule has 1 nitrogen and oxygen atoms in total. The van der Waals surface area contributed by atoms with E-state index in [1.165, 1.54) is 0 Å². The second kappa shape index (κ2) is 4.62. The molecule has 1 atom stereocenters. The van der Waals surface area contributed by atoms with E-state index in [9.17, 15) is 30.7 Å². The van der Waals surface area contributed by atoms with Crippen molar-refractivity contribution in [1.29, 1.82) is 0 Å². The van der Waals surface area contributed by atoms with Crippen molar-refractivity contribution in [1.82, 2.24) is 0 Å². The summed E-state index contributed by atoms with van der Waals surface area (Å²) in [5, 5.41) is 0. The van der Waals surface area contributed by atoms with Crippen molar-refractivity contribution >= 4 is 0 Å². The van der Waals surface area contributed by atoms with E-state index in [2.05, 4.69) is 4.74 Å². The Morgan fingerprint density at radius 2 is 1.53 bits per heavy atom. The standard InChI is InChI=1S/C9H11F7O/c10-7(11,3-4-8(12,13)14)9(15,16)6-2-1-5-17-6/h6H,1-5H2. The second-order valence-electron chi connectivity index (χ2n) is 3.94. The molecule has 0 spiro atoms. The summed E-state index contributed by atoms with van der Waals surface area (Å²) in [4.78, 5) is 0. The predicted molar refractivity (Wildman–Crippen MR) is 44.2 cm³/mol. The van der Waals surface area contributed by atoms with Crippen molar-refractivity contribution in [2.24, 2.45) is 0 Å². The molecule has 8 heteroatoms. The van der Waals surface area contributed by atoms with Gasteiger partial charge in [-0.3, -0.25) is 0 Å². The van der Waals surface area contributed by atoms with Crippen molar-refractivity contribution in [3.8, 4) is 0 Å². The molecule has 0 radical (unpaired) electrons. The van der Waals surface area contributed by atoms with E-state index in [1.54, 1.807) is 0 Å². The lowest BCUT2D eigenvalue weighted by Crippen LogP contribution is -2.49. The van der Waals surface area contributed by atoms with Crippen LogP contribution in [-0.2, 0) is 4.74 Å². The molecule has 0 amide bonds. The highest BCUT2D eigenvalue weighted by Crippen LogP contribution is 2.45. The van der Waals surface area contributed by atoms with Gasteiger partial charge in [0.25, 0.3) is 0 Å². The van der Waals surface area contributed by atoms with E-state index < -0.39 is 37.0 Å². The van der Waals surface area contributed by atoms with E-state index in [0.717, 1.165) is 0 Å². The first-order valence-corrected chi connectivity index (χ1v) is 5.00. The summed E-state index contributed by atoms with van der Waals surface area (Å²) in [5.41, 5.74) is 0. The molecule has 1 rings (SSSR count). The zero-order valence-electron chi connectivity index (χ0n) is 8.67. The van der Waals surface area contributed by atoms with E-state index in [4.69, 9.17) is 0 Å². The van der Waals surface area contributed by atoms with E-state index in [-0.39, 0.29) is 19.4 Å². The van der Waals surface area contributed by atoms with Crippen LogP contribution in [0.5, 0.6) is 0 Å². The fraction of sp³-hybridized carbons (Fsp3) is 1.00. The van der Waals surface area contributed by atoms with Crippen molar-refractivity contribution < 1.29 is 35.5 Å². The molecule has 1 heterocycles. The van der Waals surface area contributed by atoms with Gasteiger partial charge in [0.2, 0.25) is 0 Å². The maximum Gasteiger partial charge on any atom is 0.389 e. The quantitative estimate of drug-likeness (QED) is 0.705. The van der Waals surface area contributed by atoms with E-state index in [0.29, 0.717) is 0 Å². The van der Waals surface area contributed by atoms with Gasteiger partial charge >= 0.3 is 18.0 Å². The minimum absolute atomic E-state index is 0.0738. The first-order chi connectivity index (χ1) is 7.56. The normalized spacial score (nSPS) is 23.1. The fourth-order valence-electron chi connectivity index (χ4n) is 1.56. The largest absolute Gasteiger partial charge is 0.389 e. The number of hydrogen-bond donors (Lipinski definition) is 0. The van der Waals surface area contributed by atoms with Gasteiger partial charge in [-0.15, -0.1) is 0 Å². The van der Waals surface area contributed by atoms with Crippen molar-refractivity contribution in [2.75, 3.05) is 6.61 Å². The van der Waals surface area contributed by atoms with Crippen LogP contribution in [0.4, 0.5) is 30.7 Å². The summed E-state index contributed by atoms with van der Waals surface area (Å²) in [7, 11) is 0. The summed E-state index contributed by atoms with van der Waals surface area (Å²) >= 11 is 0. The number of halogens is 7. The second-order valence-corrected chi connectivity index (χ2v) is 3.94. The minimum Gasteiger partial charge on any atom is -0.372 e. The molecular formula is C9H11F7O. The van der Waals surface area contributed by atoms with Crippen molar-refractivity contribution in [2.45, 2.75) is 49.8 Å². The molecule has 1 aliphatic heterocycles. The van der Waals surface area contributed by atoms with Gasteiger partial charge in [0.1, 0.15) is 6.10 Å². The minimum atomic E-state index is -4.88. The van der Waals surface area contributed by atoms with Gasteiger partial charge < -0.3 is 4.74 Å². The highest BCUT2D eigenvalue weighted by atomic mass is 19.4. The summed E-state index contributed by atoms with van der Waals surface area (Å²) in [6, 6.07) is 0. The molecule has 17 heavy (non-hydrogen) atoms. The Morgan fingerprint density at radius 3 is 1.94 bits per heavy atom. The Bertz CT molecular complexity index is 255. The Labute approximate surface area is 92.9 Å². The van der Waals surface area contributed by atoms with Crippen LogP contribution in [0, 0.1) is 0 Å². The molecule has 0 saturated carbocycles. The Hall–Kier alpha value is -0.530. The molecule has 0 bridgehead atoms. The summed E-state index contributed by atoms with van der Waals surface area (Å²) < 4.78 is 92.2. The maximum atomic E-state index is 13.2. The average Bonchev–Trinajstić information content (AvgIpc) is 2.66. The molecule has 1 aliphatic rings. The van der Waals surface area contributed by atoms with Crippen LogP contribution in [0.25, 0.3) is 0 Å². The zero-order valence-corrected chi connectivity index (χ0v) is 8.67. The fourth-order valence-corrected chi connectivity index (χ4v) is 1.56. The molecule has 0 aromatic carbocycles. The summed E-state index contributed by atoms with van der Waals surface area (Å²) in [5.74, 6) is -9.27. The summed E-state index contributed by atoms with van der Waals surface area (Å²) in [6.07, 6.45) is -10.8. The third-order valence-electron chi connectivity index (χ3n) is 2.54. The van der Waals surface area contributed by atoms with Gasteiger partial charge in [0.05, 0.1) is 0 Å². The van der Waals surface area contributed by atoms with Crippen LogP contribution in [-0.4, -0.2) is 30.7 Å². The lowest BCUT2D eigenvalue weighted by molar-refractivity contribution is -0.264. The number of rotatable bonds is 4. The first-order valence-electron chi connectivity index (χ1n) is 5.00.